The molecule has 0 spiro atoms. The summed E-state index contributed by atoms with van der Waals surface area (Å²) >= 11 is 5.48. The molecule has 0 radical (unpaired) electrons. The number of aliphatic imine (C=N–C) groups is 1. The summed E-state index contributed by atoms with van der Waals surface area (Å²) in [4.78, 5) is 14.5. The molecule has 0 saturated heterocycles. The molecule has 1 aromatic rings. The molecular formula is C10H11ClN2O2. The minimum atomic E-state index is -0.874. The highest BCUT2D eigenvalue weighted by Gasteiger charge is 2.01. The third kappa shape index (κ3) is 3.99. The van der Waals surface area contributed by atoms with Crippen LogP contribution in [0.5, 0.6) is 0 Å². The number of carbonyl (C=O) groups is 1. The molecule has 4 nitrogen and oxygen atoms in total. The quantitative estimate of drug-likeness (QED) is 0.465. The first kappa shape index (κ1) is 11.5. The van der Waals surface area contributed by atoms with Crippen LogP contribution in [0, 0.1) is 0 Å². The molecule has 0 amide bonds. The van der Waals surface area contributed by atoms with Crippen LogP contribution >= 0.6 is 11.6 Å². The molecule has 15 heavy (non-hydrogen) atoms. The van der Waals surface area contributed by atoms with E-state index in [1.165, 1.54) is 0 Å². The topological polar surface area (TPSA) is 75.7 Å². The Morgan fingerprint density at radius 1 is 1.53 bits per heavy atom. The lowest BCUT2D eigenvalue weighted by molar-refractivity contribution is -0.136. The summed E-state index contributed by atoms with van der Waals surface area (Å²) in [7, 11) is 0. The Hall–Kier alpha value is -1.55. The Morgan fingerprint density at radius 3 is 2.87 bits per heavy atom. The average molecular weight is 227 g/mol. The fraction of sp³-hybridized carbons (Fsp3) is 0.200. The van der Waals surface area contributed by atoms with Crippen LogP contribution in [0.1, 0.15) is 5.56 Å². The van der Waals surface area contributed by atoms with Gasteiger partial charge in [0, 0.05) is 0 Å². The molecule has 0 saturated carbocycles. The van der Waals surface area contributed by atoms with E-state index in [4.69, 9.17) is 22.4 Å². The van der Waals surface area contributed by atoms with Gasteiger partial charge in [0.25, 0.3) is 0 Å². The second kappa shape index (κ2) is 5.36. The van der Waals surface area contributed by atoms with Crippen molar-refractivity contribution in [1.29, 1.82) is 0 Å². The molecular weight excluding hydrogens is 216 g/mol. The molecule has 0 aliphatic carbocycles. The van der Waals surface area contributed by atoms with E-state index >= 15 is 0 Å². The zero-order valence-electron chi connectivity index (χ0n) is 7.98. The predicted molar refractivity (Wildman–Crippen MR) is 59.8 cm³/mol. The highest BCUT2D eigenvalue weighted by atomic mass is 35.5. The number of halogens is 1. The Bertz CT molecular complexity index is 391. The third-order valence-electron chi connectivity index (χ3n) is 1.68. The molecule has 0 aliphatic heterocycles. The van der Waals surface area contributed by atoms with E-state index in [0.29, 0.717) is 17.1 Å². The summed E-state index contributed by atoms with van der Waals surface area (Å²) in [5.74, 6) is -0.408. The molecule has 0 fully saturated rings. The molecule has 0 aromatic heterocycles. The van der Waals surface area contributed by atoms with E-state index in [1.807, 2.05) is 0 Å². The maximum atomic E-state index is 10.5. The smallest absolute Gasteiger partial charge is 0.307 e. The second-order valence-electron chi connectivity index (χ2n) is 2.98. The number of hydrogen-bond acceptors (Lipinski definition) is 2. The number of nitrogens with zero attached hydrogens (tertiary/aromatic N) is 1. The van der Waals surface area contributed by atoms with Gasteiger partial charge in [-0.05, 0) is 17.7 Å². The van der Waals surface area contributed by atoms with Gasteiger partial charge < -0.3 is 10.8 Å². The summed E-state index contributed by atoms with van der Waals surface area (Å²) in [6.45, 7) is 0. The number of carboxylic acid groups (broad SMARTS) is 1. The van der Waals surface area contributed by atoms with Crippen LogP contribution in [0.25, 0.3) is 0 Å². The van der Waals surface area contributed by atoms with Gasteiger partial charge in [-0.2, -0.15) is 0 Å². The van der Waals surface area contributed by atoms with Crippen molar-refractivity contribution in [2.24, 2.45) is 10.7 Å². The SMILES string of the molecule is NC(CCl)=Nc1cccc(CC(=O)O)c1. The number of nitrogens with two attached hydrogens (primary N) is 1. The van der Waals surface area contributed by atoms with Crippen LogP contribution < -0.4 is 5.73 Å². The molecule has 1 aromatic carbocycles. The molecule has 5 heteroatoms. The van der Waals surface area contributed by atoms with E-state index in [9.17, 15) is 4.79 Å². The van der Waals surface area contributed by atoms with Crippen LogP contribution in [0.3, 0.4) is 0 Å². The van der Waals surface area contributed by atoms with E-state index in [2.05, 4.69) is 4.99 Å². The van der Waals surface area contributed by atoms with Crippen LogP contribution in [0.4, 0.5) is 5.69 Å². The van der Waals surface area contributed by atoms with Crippen LogP contribution in [0.2, 0.25) is 0 Å². The minimum absolute atomic E-state index is 0.0237. The fourth-order valence-electron chi connectivity index (χ4n) is 1.11. The van der Waals surface area contributed by atoms with Gasteiger partial charge in [0.1, 0.15) is 5.84 Å². The minimum Gasteiger partial charge on any atom is -0.481 e. The fourth-order valence-corrected chi connectivity index (χ4v) is 1.17. The lowest BCUT2D eigenvalue weighted by atomic mass is 10.1. The first-order valence-corrected chi connectivity index (χ1v) is 4.85. The summed E-state index contributed by atoms with van der Waals surface area (Å²) in [6, 6.07) is 6.88. The monoisotopic (exact) mass is 226 g/mol. The first-order chi connectivity index (χ1) is 7.11. The number of alkyl halides is 1. The summed E-state index contributed by atoms with van der Waals surface area (Å²) in [5.41, 5.74) is 6.76. The lowest BCUT2D eigenvalue weighted by Crippen LogP contribution is -2.12. The average Bonchev–Trinajstić information content (AvgIpc) is 2.17. The van der Waals surface area contributed by atoms with Crippen molar-refractivity contribution in [1.82, 2.24) is 0 Å². The number of carboxylic acids is 1. The summed E-state index contributed by atoms with van der Waals surface area (Å²) < 4.78 is 0. The highest BCUT2D eigenvalue weighted by molar-refractivity contribution is 6.28. The van der Waals surface area contributed by atoms with Crippen LogP contribution in [-0.4, -0.2) is 22.8 Å². The van der Waals surface area contributed by atoms with Crippen molar-refractivity contribution in [3.05, 3.63) is 29.8 Å². The summed E-state index contributed by atoms with van der Waals surface area (Å²) in [6.07, 6.45) is -0.0237. The van der Waals surface area contributed by atoms with E-state index in [1.54, 1.807) is 24.3 Å². The van der Waals surface area contributed by atoms with Gasteiger partial charge in [0.05, 0.1) is 18.0 Å². The zero-order chi connectivity index (χ0) is 11.3. The highest BCUT2D eigenvalue weighted by Crippen LogP contribution is 2.14. The zero-order valence-corrected chi connectivity index (χ0v) is 8.74. The Balaban J connectivity index is 2.87. The van der Waals surface area contributed by atoms with Gasteiger partial charge in [-0.3, -0.25) is 4.79 Å². The number of aliphatic carboxylic acids is 1. The number of amidine groups is 1. The molecule has 1 rings (SSSR count). The van der Waals surface area contributed by atoms with Crippen molar-refractivity contribution >= 4 is 29.1 Å². The molecule has 0 aliphatic rings. The molecule has 0 heterocycles. The van der Waals surface area contributed by atoms with E-state index in [-0.39, 0.29) is 12.3 Å². The Morgan fingerprint density at radius 2 is 2.27 bits per heavy atom. The number of hydrogen-bond donors (Lipinski definition) is 2. The van der Waals surface area contributed by atoms with Crippen LogP contribution in [-0.2, 0) is 11.2 Å². The number of benzene rings is 1. The molecule has 0 unspecified atom stereocenters. The van der Waals surface area contributed by atoms with Crippen molar-refractivity contribution in [2.75, 3.05) is 5.88 Å². The van der Waals surface area contributed by atoms with Crippen molar-refractivity contribution in [2.45, 2.75) is 6.42 Å². The van der Waals surface area contributed by atoms with Crippen molar-refractivity contribution in [3.63, 3.8) is 0 Å². The van der Waals surface area contributed by atoms with Gasteiger partial charge in [0.2, 0.25) is 0 Å². The number of rotatable bonds is 4. The first-order valence-electron chi connectivity index (χ1n) is 4.31. The Labute approximate surface area is 92.4 Å². The van der Waals surface area contributed by atoms with Gasteiger partial charge in [-0.25, -0.2) is 4.99 Å². The van der Waals surface area contributed by atoms with Crippen LogP contribution in [0.15, 0.2) is 29.3 Å². The molecule has 3 N–H and O–H groups in total. The maximum Gasteiger partial charge on any atom is 0.307 e. The van der Waals surface area contributed by atoms with Gasteiger partial charge in [-0.15, -0.1) is 11.6 Å². The largest absolute Gasteiger partial charge is 0.481 e. The lowest BCUT2D eigenvalue weighted by Gasteiger charge is -2.00. The second-order valence-corrected chi connectivity index (χ2v) is 3.24. The van der Waals surface area contributed by atoms with E-state index < -0.39 is 5.97 Å². The van der Waals surface area contributed by atoms with Gasteiger partial charge in [-0.1, -0.05) is 12.1 Å². The van der Waals surface area contributed by atoms with Crippen molar-refractivity contribution < 1.29 is 9.90 Å². The van der Waals surface area contributed by atoms with Gasteiger partial charge in [0.15, 0.2) is 0 Å². The predicted octanol–water partition coefficient (Wildman–Crippen LogP) is 1.54. The normalized spacial score (nSPS) is 11.4. The van der Waals surface area contributed by atoms with Gasteiger partial charge >= 0.3 is 5.97 Å². The third-order valence-corrected chi connectivity index (χ3v) is 1.95. The maximum absolute atomic E-state index is 10.5. The van der Waals surface area contributed by atoms with Crippen molar-refractivity contribution in [3.8, 4) is 0 Å². The van der Waals surface area contributed by atoms with E-state index in [0.717, 1.165) is 0 Å². The standard InChI is InChI=1S/C10H11ClN2O2/c11-6-9(12)13-8-3-1-2-7(4-8)5-10(14)15/h1-4H,5-6H2,(H2,12,13)(H,14,15). The molecule has 80 valence electrons. The molecule has 0 bridgehead atoms. The summed E-state index contributed by atoms with van der Waals surface area (Å²) in [5, 5.41) is 8.60. The Kier molecular flexibility index (Phi) is 4.12. The molecule has 0 atom stereocenters.